The van der Waals surface area contributed by atoms with Crippen LogP contribution in [0.4, 0.5) is 0 Å². The summed E-state index contributed by atoms with van der Waals surface area (Å²) in [7, 11) is 0. The maximum atomic E-state index is 2.36. The molecule has 0 aliphatic heterocycles. The molecule has 0 N–H and O–H groups in total. The summed E-state index contributed by atoms with van der Waals surface area (Å²) in [4.78, 5) is 0. The maximum Gasteiger partial charge on any atom is 0.00870 e. The molecule has 0 heteroatoms. The number of fused-ring (bicyclic) bond motifs is 1. The van der Waals surface area contributed by atoms with Gasteiger partial charge in [0.1, 0.15) is 0 Å². The van der Waals surface area contributed by atoms with Crippen LogP contribution in [0, 0.1) is 5.41 Å². The predicted molar refractivity (Wildman–Crippen MR) is 81.9 cm³/mol. The zero-order valence-corrected chi connectivity index (χ0v) is 11.9. The molecular weight excluding hydrogens is 228 g/mol. The van der Waals surface area contributed by atoms with Crippen molar-refractivity contribution in [1.82, 2.24) is 0 Å². The Balaban J connectivity index is 1.94. The molecule has 2 aliphatic carbocycles. The Morgan fingerprint density at radius 3 is 2.53 bits per heavy atom. The fourth-order valence-corrected chi connectivity index (χ4v) is 3.26. The first kappa shape index (κ1) is 12.2. The molecule has 0 radical (unpaired) electrons. The molecule has 0 atom stereocenters. The molecule has 19 heavy (non-hydrogen) atoms. The fourth-order valence-electron chi connectivity index (χ4n) is 3.26. The zero-order chi connectivity index (χ0) is 13.5. The van der Waals surface area contributed by atoms with E-state index in [2.05, 4.69) is 75.4 Å². The van der Waals surface area contributed by atoms with Crippen LogP contribution in [-0.2, 0) is 6.42 Å². The molecule has 0 bridgehead atoms. The highest BCUT2D eigenvalue weighted by Crippen LogP contribution is 2.46. The van der Waals surface area contributed by atoms with E-state index in [0.717, 1.165) is 6.42 Å². The van der Waals surface area contributed by atoms with Crippen LogP contribution >= 0.6 is 0 Å². The van der Waals surface area contributed by atoms with Crippen LogP contribution in [0.5, 0.6) is 0 Å². The van der Waals surface area contributed by atoms with Crippen molar-refractivity contribution >= 4 is 0 Å². The van der Waals surface area contributed by atoms with Crippen molar-refractivity contribution in [3.05, 3.63) is 82.5 Å². The van der Waals surface area contributed by atoms with E-state index in [1.807, 2.05) is 0 Å². The fraction of sp³-hybridized carbons (Fsp3) is 0.263. The lowest BCUT2D eigenvalue weighted by Crippen LogP contribution is -2.16. The molecule has 0 spiro atoms. The summed E-state index contributed by atoms with van der Waals surface area (Å²) in [5.74, 6) is 0. The third kappa shape index (κ3) is 2.12. The van der Waals surface area contributed by atoms with E-state index in [-0.39, 0.29) is 5.41 Å². The van der Waals surface area contributed by atoms with Crippen molar-refractivity contribution in [2.45, 2.75) is 27.2 Å². The van der Waals surface area contributed by atoms with E-state index in [1.54, 1.807) is 0 Å². The lowest BCUT2D eigenvalue weighted by Gasteiger charge is -2.29. The highest BCUT2D eigenvalue weighted by Gasteiger charge is 2.31. The monoisotopic (exact) mass is 248 g/mol. The molecule has 0 saturated heterocycles. The number of hydrogen-bond donors (Lipinski definition) is 0. The van der Waals surface area contributed by atoms with Crippen molar-refractivity contribution < 1.29 is 0 Å². The van der Waals surface area contributed by atoms with Crippen LogP contribution in [0.2, 0.25) is 0 Å². The minimum atomic E-state index is 0.156. The summed E-state index contributed by atoms with van der Waals surface area (Å²) in [5, 5.41) is 0. The zero-order valence-electron chi connectivity index (χ0n) is 11.9. The summed E-state index contributed by atoms with van der Waals surface area (Å²) >= 11 is 0. The molecule has 0 nitrogen and oxygen atoms in total. The molecule has 0 fully saturated rings. The third-order valence-corrected chi connectivity index (χ3v) is 4.06. The molecule has 0 heterocycles. The second kappa shape index (κ2) is 4.38. The van der Waals surface area contributed by atoms with Gasteiger partial charge in [-0.15, -0.1) is 0 Å². The van der Waals surface area contributed by atoms with E-state index in [0.29, 0.717) is 0 Å². The number of allylic oxidation sites excluding steroid dienone is 8. The predicted octanol–water partition coefficient (Wildman–Crippen LogP) is 5.01. The highest BCUT2D eigenvalue weighted by atomic mass is 14.4. The lowest BCUT2D eigenvalue weighted by atomic mass is 9.75. The maximum absolute atomic E-state index is 2.36. The van der Waals surface area contributed by atoms with Gasteiger partial charge in [-0.3, -0.25) is 0 Å². The van der Waals surface area contributed by atoms with Crippen molar-refractivity contribution in [2.75, 3.05) is 0 Å². The normalized spacial score (nSPS) is 20.2. The van der Waals surface area contributed by atoms with Crippen LogP contribution in [0.25, 0.3) is 0 Å². The molecule has 0 unspecified atom stereocenters. The topological polar surface area (TPSA) is 0 Å². The molecule has 96 valence electrons. The second-order valence-corrected chi connectivity index (χ2v) is 6.05. The molecule has 3 rings (SSSR count). The molecule has 1 aromatic carbocycles. The molecule has 0 amide bonds. The van der Waals surface area contributed by atoms with Gasteiger partial charge in [0.05, 0.1) is 0 Å². The lowest BCUT2D eigenvalue weighted by molar-refractivity contribution is 0.581. The number of hydrogen-bond acceptors (Lipinski definition) is 0. The molecule has 2 aliphatic rings. The summed E-state index contributed by atoms with van der Waals surface area (Å²) < 4.78 is 0. The van der Waals surface area contributed by atoms with Gasteiger partial charge in [0.15, 0.2) is 0 Å². The minimum Gasteiger partial charge on any atom is -0.0744 e. The third-order valence-electron chi connectivity index (χ3n) is 4.06. The Morgan fingerprint density at radius 1 is 1.05 bits per heavy atom. The van der Waals surface area contributed by atoms with Gasteiger partial charge in [-0.2, -0.15) is 0 Å². The van der Waals surface area contributed by atoms with E-state index in [4.69, 9.17) is 0 Å². The van der Waals surface area contributed by atoms with E-state index < -0.39 is 0 Å². The van der Waals surface area contributed by atoms with Crippen LogP contribution < -0.4 is 0 Å². The van der Waals surface area contributed by atoms with Gasteiger partial charge >= 0.3 is 0 Å². The highest BCUT2D eigenvalue weighted by molar-refractivity contribution is 5.65. The van der Waals surface area contributed by atoms with Crippen molar-refractivity contribution in [2.24, 2.45) is 5.41 Å². The van der Waals surface area contributed by atoms with Crippen LogP contribution in [0.1, 0.15) is 26.3 Å². The Kier molecular flexibility index (Phi) is 2.82. The summed E-state index contributed by atoms with van der Waals surface area (Å²) in [5.41, 5.74) is 7.36. The Hall–Kier alpha value is -1.82. The Bertz CT molecular complexity index is 619. The van der Waals surface area contributed by atoms with Gasteiger partial charge in [-0.1, -0.05) is 68.5 Å². The summed E-state index contributed by atoms with van der Waals surface area (Å²) in [6, 6.07) is 10.7. The van der Waals surface area contributed by atoms with Gasteiger partial charge in [0.25, 0.3) is 0 Å². The van der Waals surface area contributed by atoms with Gasteiger partial charge in [0, 0.05) is 5.41 Å². The van der Waals surface area contributed by atoms with Gasteiger partial charge in [0.2, 0.25) is 0 Å². The number of rotatable bonds is 2. The van der Waals surface area contributed by atoms with Gasteiger partial charge < -0.3 is 0 Å². The summed E-state index contributed by atoms with van der Waals surface area (Å²) in [6.45, 7) is 6.84. The van der Waals surface area contributed by atoms with Crippen molar-refractivity contribution in [3.8, 4) is 0 Å². The quantitative estimate of drug-likeness (QED) is 0.690. The van der Waals surface area contributed by atoms with E-state index >= 15 is 0 Å². The van der Waals surface area contributed by atoms with Crippen LogP contribution in [0.15, 0.2) is 76.9 Å². The molecule has 0 aromatic heterocycles. The second-order valence-electron chi connectivity index (χ2n) is 6.05. The minimum absolute atomic E-state index is 0.156. The SMILES string of the molecule is CC1=C2C(=CC=CC2(C)C)C(Cc2ccccc2)=C1. The van der Waals surface area contributed by atoms with Crippen LogP contribution in [-0.4, -0.2) is 0 Å². The van der Waals surface area contributed by atoms with Crippen LogP contribution in [0.3, 0.4) is 0 Å². The average Bonchev–Trinajstić information content (AvgIpc) is 2.68. The molecular formula is C19H20. The van der Waals surface area contributed by atoms with Gasteiger partial charge in [-0.05, 0) is 41.2 Å². The van der Waals surface area contributed by atoms with Crippen molar-refractivity contribution in [1.29, 1.82) is 0 Å². The Labute approximate surface area is 115 Å². The first-order valence-electron chi connectivity index (χ1n) is 6.94. The first-order chi connectivity index (χ1) is 9.08. The van der Waals surface area contributed by atoms with E-state index in [1.165, 1.54) is 27.9 Å². The first-order valence-corrected chi connectivity index (χ1v) is 6.94. The number of benzene rings is 1. The van der Waals surface area contributed by atoms with Gasteiger partial charge in [-0.25, -0.2) is 0 Å². The Morgan fingerprint density at radius 2 is 1.79 bits per heavy atom. The van der Waals surface area contributed by atoms with E-state index in [9.17, 15) is 0 Å². The largest absolute Gasteiger partial charge is 0.0744 e. The summed E-state index contributed by atoms with van der Waals surface area (Å²) in [6.07, 6.45) is 10.2. The van der Waals surface area contributed by atoms with Crippen molar-refractivity contribution in [3.63, 3.8) is 0 Å². The standard InChI is InChI=1S/C19H20/c1-14-12-16(13-15-8-5-4-6-9-15)17-10-7-11-19(2,3)18(14)17/h4-12H,13H2,1-3H3. The molecule has 1 aromatic rings. The average molecular weight is 248 g/mol. The smallest absolute Gasteiger partial charge is 0.00870 e. The molecule has 0 saturated carbocycles.